The highest BCUT2D eigenvalue weighted by molar-refractivity contribution is 5.95. The van der Waals surface area contributed by atoms with Crippen LogP contribution in [0.3, 0.4) is 0 Å². The first-order valence-corrected chi connectivity index (χ1v) is 8.23. The third-order valence-corrected chi connectivity index (χ3v) is 4.48. The predicted molar refractivity (Wildman–Crippen MR) is 97.1 cm³/mol. The lowest BCUT2D eigenvalue weighted by Crippen LogP contribution is -2.26. The summed E-state index contributed by atoms with van der Waals surface area (Å²) in [5, 5.41) is 13.7. The van der Waals surface area contributed by atoms with Crippen LogP contribution in [0.5, 0.6) is 0 Å². The SMILES string of the molecule is CCC(O)(c1ccc(-c2cccc(C(=O)NC)c2)cc1)c1c[nH]cn1. The molecule has 0 fully saturated rings. The molecule has 5 heteroatoms. The van der Waals surface area contributed by atoms with E-state index in [-0.39, 0.29) is 5.91 Å². The van der Waals surface area contributed by atoms with Gasteiger partial charge in [0.2, 0.25) is 0 Å². The third kappa shape index (κ3) is 3.19. The van der Waals surface area contributed by atoms with Crippen molar-refractivity contribution in [3.05, 3.63) is 77.9 Å². The second-order valence-corrected chi connectivity index (χ2v) is 5.91. The van der Waals surface area contributed by atoms with Crippen molar-refractivity contribution in [3.8, 4) is 11.1 Å². The molecular formula is C20H21N3O2. The highest BCUT2D eigenvalue weighted by Crippen LogP contribution is 2.32. The predicted octanol–water partition coefficient (Wildman–Crippen LogP) is 3.08. The molecule has 0 bridgehead atoms. The van der Waals surface area contributed by atoms with Crippen LogP contribution in [-0.2, 0) is 5.60 Å². The maximum atomic E-state index is 11.8. The van der Waals surface area contributed by atoms with Gasteiger partial charge in [-0.25, -0.2) is 4.98 Å². The Labute approximate surface area is 146 Å². The van der Waals surface area contributed by atoms with Gasteiger partial charge >= 0.3 is 0 Å². The molecule has 128 valence electrons. The second-order valence-electron chi connectivity index (χ2n) is 5.91. The van der Waals surface area contributed by atoms with E-state index >= 15 is 0 Å². The van der Waals surface area contributed by atoms with Crippen LogP contribution in [0.2, 0.25) is 0 Å². The molecule has 3 aromatic rings. The van der Waals surface area contributed by atoms with Gasteiger partial charge in [0.25, 0.3) is 5.91 Å². The highest BCUT2D eigenvalue weighted by Gasteiger charge is 2.31. The Kier molecular flexibility index (Phi) is 4.67. The first-order valence-electron chi connectivity index (χ1n) is 8.23. The molecule has 25 heavy (non-hydrogen) atoms. The van der Waals surface area contributed by atoms with E-state index in [0.717, 1.165) is 16.7 Å². The van der Waals surface area contributed by atoms with Gasteiger partial charge in [0, 0.05) is 18.8 Å². The molecule has 1 amide bonds. The van der Waals surface area contributed by atoms with E-state index < -0.39 is 5.60 Å². The Morgan fingerprint density at radius 3 is 2.56 bits per heavy atom. The Bertz CT molecular complexity index is 857. The van der Waals surface area contributed by atoms with Gasteiger partial charge in [0.15, 0.2) is 0 Å². The lowest BCUT2D eigenvalue weighted by Gasteiger charge is -2.25. The minimum absolute atomic E-state index is 0.114. The van der Waals surface area contributed by atoms with Crippen LogP contribution in [0.25, 0.3) is 11.1 Å². The fourth-order valence-electron chi connectivity index (χ4n) is 2.94. The van der Waals surface area contributed by atoms with Crippen molar-refractivity contribution in [2.24, 2.45) is 0 Å². The van der Waals surface area contributed by atoms with Crippen molar-refractivity contribution >= 4 is 5.91 Å². The number of nitrogens with zero attached hydrogens (tertiary/aromatic N) is 1. The summed E-state index contributed by atoms with van der Waals surface area (Å²) in [6.07, 6.45) is 3.79. The Hall–Kier alpha value is -2.92. The number of imidazole rings is 1. The van der Waals surface area contributed by atoms with Crippen LogP contribution in [-0.4, -0.2) is 28.0 Å². The summed E-state index contributed by atoms with van der Waals surface area (Å²) in [7, 11) is 1.62. The number of amides is 1. The number of H-pyrrole nitrogens is 1. The van der Waals surface area contributed by atoms with E-state index in [1.165, 1.54) is 0 Å². The van der Waals surface area contributed by atoms with Crippen LogP contribution in [0.15, 0.2) is 61.1 Å². The summed E-state index contributed by atoms with van der Waals surface area (Å²) < 4.78 is 0. The molecule has 0 radical (unpaired) electrons. The Morgan fingerprint density at radius 2 is 1.96 bits per heavy atom. The minimum atomic E-state index is -1.12. The standard InChI is InChI=1S/C20H21N3O2/c1-3-20(25,18-12-22-13-23-18)17-9-7-14(8-10-17)15-5-4-6-16(11-15)19(24)21-2/h4-13,25H,3H2,1-2H3,(H,21,24)(H,22,23). The molecule has 0 saturated carbocycles. The van der Waals surface area contributed by atoms with E-state index in [0.29, 0.717) is 17.7 Å². The van der Waals surface area contributed by atoms with E-state index in [9.17, 15) is 9.90 Å². The van der Waals surface area contributed by atoms with Gasteiger partial charge in [-0.2, -0.15) is 0 Å². The minimum Gasteiger partial charge on any atom is -0.379 e. The number of rotatable bonds is 5. The maximum absolute atomic E-state index is 11.8. The summed E-state index contributed by atoms with van der Waals surface area (Å²) in [5.41, 5.74) is 2.81. The van der Waals surface area contributed by atoms with Crippen LogP contribution < -0.4 is 5.32 Å². The van der Waals surface area contributed by atoms with E-state index in [1.54, 1.807) is 25.6 Å². The largest absolute Gasteiger partial charge is 0.379 e. The molecule has 1 atom stereocenters. The molecule has 1 unspecified atom stereocenters. The zero-order valence-electron chi connectivity index (χ0n) is 14.3. The molecular weight excluding hydrogens is 314 g/mol. The highest BCUT2D eigenvalue weighted by atomic mass is 16.3. The van der Waals surface area contributed by atoms with Gasteiger partial charge in [0.1, 0.15) is 5.60 Å². The molecule has 0 aliphatic heterocycles. The van der Waals surface area contributed by atoms with Gasteiger partial charge < -0.3 is 15.4 Å². The van der Waals surface area contributed by atoms with Gasteiger partial charge in [-0.15, -0.1) is 0 Å². The normalized spacial score (nSPS) is 13.2. The van der Waals surface area contributed by atoms with Crippen molar-refractivity contribution in [2.45, 2.75) is 18.9 Å². The number of carbonyl (C=O) groups is 1. The average Bonchev–Trinajstić information content (AvgIpc) is 3.22. The number of carbonyl (C=O) groups excluding carboxylic acids is 1. The number of hydrogen-bond acceptors (Lipinski definition) is 3. The molecule has 2 aromatic carbocycles. The quantitative estimate of drug-likeness (QED) is 0.670. The first-order chi connectivity index (χ1) is 12.1. The summed E-state index contributed by atoms with van der Waals surface area (Å²) in [6.45, 7) is 1.93. The molecule has 3 rings (SSSR count). The summed E-state index contributed by atoms with van der Waals surface area (Å²) in [5.74, 6) is -0.114. The zero-order chi connectivity index (χ0) is 17.9. The van der Waals surface area contributed by atoms with Crippen LogP contribution in [0.4, 0.5) is 0 Å². The molecule has 0 aliphatic rings. The topological polar surface area (TPSA) is 78.0 Å². The molecule has 1 heterocycles. The van der Waals surface area contributed by atoms with Crippen molar-refractivity contribution in [1.29, 1.82) is 0 Å². The fourth-order valence-corrected chi connectivity index (χ4v) is 2.94. The molecule has 0 spiro atoms. The number of aliphatic hydroxyl groups is 1. The van der Waals surface area contributed by atoms with Crippen LogP contribution in [0, 0.1) is 0 Å². The second kappa shape index (κ2) is 6.91. The van der Waals surface area contributed by atoms with Crippen molar-refractivity contribution in [2.75, 3.05) is 7.05 Å². The van der Waals surface area contributed by atoms with Gasteiger partial charge in [-0.05, 0) is 35.2 Å². The monoisotopic (exact) mass is 335 g/mol. The third-order valence-electron chi connectivity index (χ3n) is 4.48. The van der Waals surface area contributed by atoms with Gasteiger partial charge in [-0.1, -0.05) is 43.3 Å². The van der Waals surface area contributed by atoms with E-state index in [1.807, 2.05) is 49.4 Å². The number of benzene rings is 2. The molecule has 5 nitrogen and oxygen atoms in total. The average molecular weight is 335 g/mol. The van der Waals surface area contributed by atoms with E-state index in [4.69, 9.17) is 0 Å². The summed E-state index contributed by atoms with van der Waals surface area (Å²) in [4.78, 5) is 18.9. The van der Waals surface area contributed by atoms with Gasteiger partial charge in [-0.3, -0.25) is 4.79 Å². The lowest BCUT2D eigenvalue weighted by atomic mass is 9.87. The summed E-state index contributed by atoms with van der Waals surface area (Å²) in [6, 6.07) is 15.2. The van der Waals surface area contributed by atoms with Crippen molar-refractivity contribution in [1.82, 2.24) is 15.3 Å². The number of aromatic nitrogens is 2. The van der Waals surface area contributed by atoms with Gasteiger partial charge in [0.05, 0.1) is 12.0 Å². The molecule has 3 N–H and O–H groups in total. The Balaban J connectivity index is 1.94. The number of hydrogen-bond donors (Lipinski definition) is 3. The molecule has 0 saturated heterocycles. The lowest BCUT2D eigenvalue weighted by molar-refractivity contribution is 0.0724. The molecule has 0 aliphatic carbocycles. The van der Waals surface area contributed by atoms with E-state index in [2.05, 4.69) is 15.3 Å². The summed E-state index contributed by atoms with van der Waals surface area (Å²) >= 11 is 0. The van der Waals surface area contributed by atoms with Crippen LogP contribution >= 0.6 is 0 Å². The zero-order valence-corrected chi connectivity index (χ0v) is 14.3. The Morgan fingerprint density at radius 1 is 1.20 bits per heavy atom. The number of nitrogens with one attached hydrogen (secondary N) is 2. The molecule has 1 aromatic heterocycles. The first kappa shape index (κ1) is 16.9. The maximum Gasteiger partial charge on any atom is 0.251 e. The number of aromatic amines is 1. The smallest absolute Gasteiger partial charge is 0.251 e. The van der Waals surface area contributed by atoms with Crippen LogP contribution in [0.1, 0.15) is 35.0 Å². The van der Waals surface area contributed by atoms with Crippen molar-refractivity contribution in [3.63, 3.8) is 0 Å². The van der Waals surface area contributed by atoms with Crippen molar-refractivity contribution < 1.29 is 9.90 Å². The fraction of sp³-hybridized carbons (Fsp3) is 0.200.